The quantitative estimate of drug-likeness (QED) is 0.808. The number of phenolic OH excluding ortho intramolecular Hbond substituents is 1. The molecule has 0 bridgehead atoms. The van der Waals surface area contributed by atoms with E-state index in [-0.39, 0.29) is 10.6 Å². The molecule has 5 nitrogen and oxygen atoms in total. The van der Waals surface area contributed by atoms with Gasteiger partial charge in [0.25, 0.3) is 10.0 Å². The van der Waals surface area contributed by atoms with Gasteiger partial charge in [-0.05, 0) is 64.8 Å². The zero-order valence-corrected chi connectivity index (χ0v) is 13.8. The van der Waals surface area contributed by atoms with Crippen LogP contribution in [-0.4, -0.2) is 20.6 Å². The highest BCUT2D eigenvalue weighted by atomic mass is 79.9. The molecule has 21 heavy (non-hydrogen) atoms. The summed E-state index contributed by atoms with van der Waals surface area (Å²) < 4.78 is 32.7. The van der Waals surface area contributed by atoms with Gasteiger partial charge in [0.05, 0.1) is 16.5 Å². The van der Waals surface area contributed by atoms with Gasteiger partial charge in [0.1, 0.15) is 11.5 Å². The Hall–Kier alpha value is -1.73. The molecule has 2 aromatic carbocycles. The summed E-state index contributed by atoms with van der Waals surface area (Å²) in [7, 11) is -2.20. The monoisotopic (exact) mass is 371 g/mol. The van der Waals surface area contributed by atoms with Crippen molar-refractivity contribution >= 4 is 31.6 Å². The van der Waals surface area contributed by atoms with Gasteiger partial charge in [0.15, 0.2) is 0 Å². The number of phenols is 1. The van der Waals surface area contributed by atoms with Gasteiger partial charge in [0, 0.05) is 5.69 Å². The second-order valence-corrected chi connectivity index (χ2v) is 6.94. The number of benzene rings is 2. The van der Waals surface area contributed by atoms with E-state index in [2.05, 4.69) is 20.7 Å². The molecule has 0 spiro atoms. The molecule has 2 rings (SSSR count). The fourth-order valence-corrected chi connectivity index (χ4v) is 3.51. The van der Waals surface area contributed by atoms with E-state index in [1.54, 1.807) is 19.1 Å². The van der Waals surface area contributed by atoms with Crippen LogP contribution in [-0.2, 0) is 10.0 Å². The molecule has 0 aromatic heterocycles. The Balaban J connectivity index is 2.33. The minimum atomic E-state index is -3.71. The van der Waals surface area contributed by atoms with Crippen molar-refractivity contribution in [1.29, 1.82) is 0 Å². The molecule has 2 N–H and O–H groups in total. The van der Waals surface area contributed by atoms with Crippen LogP contribution in [0.2, 0.25) is 0 Å². The maximum Gasteiger partial charge on any atom is 0.261 e. The molecule has 0 aliphatic rings. The Morgan fingerprint density at radius 3 is 2.48 bits per heavy atom. The van der Waals surface area contributed by atoms with Gasteiger partial charge in [-0.2, -0.15) is 0 Å². The molecule has 2 aromatic rings. The van der Waals surface area contributed by atoms with Crippen molar-refractivity contribution in [3.63, 3.8) is 0 Å². The van der Waals surface area contributed by atoms with E-state index < -0.39 is 10.0 Å². The Bertz CT molecular complexity index is 775. The van der Waals surface area contributed by atoms with Crippen molar-refractivity contribution in [3.05, 3.63) is 46.4 Å². The summed E-state index contributed by atoms with van der Waals surface area (Å²) in [6.45, 7) is 1.69. The van der Waals surface area contributed by atoms with E-state index in [9.17, 15) is 13.5 Å². The third-order valence-electron chi connectivity index (χ3n) is 2.88. The van der Waals surface area contributed by atoms with Crippen LogP contribution in [0.15, 0.2) is 45.8 Å². The Morgan fingerprint density at radius 2 is 1.90 bits per heavy atom. The van der Waals surface area contributed by atoms with Gasteiger partial charge in [-0.15, -0.1) is 0 Å². The summed E-state index contributed by atoms with van der Waals surface area (Å²) >= 11 is 3.26. The van der Waals surface area contributed by atoms with Crippen LogP contribution in [0.5, 0.6) is 11.5 Å². The van der Waals surface area contributed by atoms with Crippen molar-refractivity contribution in [2.45, 2.75) is 11.8 Å². The van der Waals surface area contributed by atoms with Gasteiger partial charge >= 0.3 is 0 Å². The lowest BCUT2D eigenvalue weighted by molar-refractivity contribution is 0.411. The predicted molar refractivity (Wildman–Crippen MR) is 84.3 cm³/mol. The van der Waals surface area contributed by atoms with Gasteiger partial charge < -0.3 is 9.84 Å². The molecule has 0 radical (unpaired) electrons. The van der Waals surface area contributed by atoms with Crippen molar-refractivity contribution < 1.29 is 18.3 Å². The topological polar surface area (TPSA) is 75.6 Å². The molecule has 0 aliphatic carbocycles. The number of ether oxygens (including phenoxy) is 1. The number of rotatable bonds is 4. The molecular weight excluding hydrogens is 358 g/mol. The molecule has 0 atom stereocenters. The minimum Gasteiger partial charge on any atom is -0.508 e. The highest BCUT2D eigenvalue weighted by Gasteiger charge is 2.16. The highest BCUT2D eigenvalue weighted by Crippen LogP contribution is 2.29. The average molecular weight is 372 g/mol. The fourth-order valence-electron chi connectivity index (χ4n) is 1.75. The number of hydrogen-bond acceptors (Lipinski definition) is 4. The summed E-state index contributed by atoms with van der Waals surface area (Å²) in [5.41, 5.74) is 0.975. The van der Waals surface area contributed by atoms with Crippen molar-refractivity contribution in [1.82, 2.24) is 0 Å². The van der Waals surface area contributed by atoms with Crippen molar-refractivity contribution in [2.24, 2.45) is 0 Å². The normalized spacial score (nSPS) is 11.2. The zero-order valence-electron chi connectivity index (χ0n) is 11.4. The number of aryl methyl sites for hydroxylation is 1. The van der Waals surface area contributed by atoms with E-state index in [4.69, 9.17) is 4.74 Å². The smallest absolute Gasteiger partial charge is 0.261 e. The largest absolute Gasteiger partial charge is 0.508 e. The number of methoxy groups -OCH3 is 1. The molecule has 112 valence electrons. The van der Waals surface area contributed by atoms with E-state index in [0.717, 1.165) is 0 Å². The molecule has 0 fully saturated rings. The fraction of sp³-hybridized carbons (Fsp3) is 0.143. The second kappa shape index (κ2) is 5.95. The lowest BCUT2D eigenvalue weighted by atomic mass is 10.2. The molecule has 0 aliphatic heterocycles. The van der Waals surface area contributed by atoms with Crippen LogP contribution in [0.25, 0.3) is 0 Å². The average Bonchev–Trinajstić information content (AvgIpc) is 2.42. The van der Waals surface area contributed by atoms with Gasteiger partial charge in [-0.25, -0.2) is 8.42 Å². The minimum absolute atomic E-state index is 0.112. The lowest BCUT2D eigenvalue weighted by Gasteiger charge is -2.11. The number of hydrogen-bond donors (Lipinski definition) is 2. The van der Waals surface area contributed by atoms with Crippen LogP contribution in [0, 0.1) is 6.92 Å². The Kier molecular flexibility index (Phi) is 4.43. The standard InChI is InChI=1S/C14H14BrNO4S/c1-9-7-10(3-5-13(9)17)16-21(18,19)11-4-6-14(20-2)12(15)8-11/h3-8,16-17H,1-2H3. The molecular formula is C14H14BrNO4S. The molecule has 0 unspecified atom stereocenters. The molecule has 0 saturated carbocycles. The van der Waals surface area contributed by atoms with Gasteiger partial charge in [-0.3, -0.25) is 4.72 Å². The highest BCUT2D eigenvalue weighted by molar-refractivity contribution is 9.10. The third kappa shape index (κ3) is 3.48. The first-order valence-electron chi connectivity index (χ1n) is 5.99. The number of aromatic hydroxyl groups is 1. The summed E-state index contributed by atoms with van der Waals surface area (Å²) in [4.78, 5) is 0.112. The SMILES string of the molecule is COc1ccc(S(=O)(=O)Nc2ccc(O)c(C)c2)cc1Br. The maximum absolute atomic E-state index is 12.3. The third-order valence-corrected chi connectivity index (χ3v) is 4.88. The van der Waals surface area contributed by atoms with E-state index in [1.165, 1.54) is 31.4 Å². The molecule has 7 heteroatoms. The van der Waals surface area contributed by atoms with Crippen LogP contribution >= 0.6 is 15.9 Å². The zero-order chi connectivity index (χ0) is 15.6. The first kappa shape index (κ1) is 15.7. The Morgan fingerprint density at radius 1 is 1.19 bits per heavy atom. The maximum atomic E-state index is 12.3. The van der Waals surface area contributed by atoms with Crippen molar-refractivity contribution in [2.75, 3.05) is 11.8 Å². The second-order valence-electron chi connectivity index (χ2n) is 4.40. The van der Waals surface area contributed by atoms with Crippen LogP contribution in [0.3, 0.4) is 0 Å². The number of anilines is 1. The summed E-state index contributed by atoms with van der Waals surface area (Å²) in [5.74, 6) is 0.666. The van der Waals surface area contributed by atoms with E-state index >= 15 is 0 Å². The summed E-state index contributed by atoms with van der Waals surface area (Å²) in [5, 5.41) is 9.46. The van der Waals surface area contributed by atoms with Crippen LogP contribution in [0.4, 0.5) is 5.69 Å². The molecule has 0 amide bonds. The molecule has 0 heterocycles. The first-order valence-corrected chi connectivity index (χ1v) is 8.27. The lowest BCUT2D eigenvalue weighted by Crippen LogP contribution is -2.13. The molecule has 0 saturated heterocycles. The van der Waals surface area contributed by atoms with E-state index in [0.29, 0.717) is 21.5 Å². The van der Waals surface area contributed by atoms with Gasteiger partial charge in [-0.1, -0.05) is 0 Å². The summed E-state index contributed by atoms with van der Waals surface area (Å²) in [6.07, 6.45) is 0. The summed E-state index contributed by atoms with van der Waals surface area (Å²) in [6, 6.07) is 9.00. The van der Waals surface area contributed by atoms with E-state index in [1.807, 2.05) is 0 Å². The van der Waals surface area contributed by atoms with Crippen LogP contribution < -0.4 is 9.46 Å². The predicted octanol–water partition coefficient (Wildman–Crippen LogP) is 3.27. The number of halogens is 1. The number of sulfonamides is 1. The Labute approximate surface area is 131 Å². The van der Waals surface area contributed by atoms with Crippen molar-refractivity contribution in [3.8, 4) is 11.5 Å². The van der Waals surface area contributed by atoms with Crippen LogP contribution in [0.1, 0.15) is 5.56 Å². The first-order chi connectivity index (χ1) is 9.83. The van der Waals surface area contributed by atoms with Gasteiger partial charge in [0.2, 0.25) is 0 Å². The number of nitrogens with one attached hydrogen (secondary N) is 1.